The van der Waals surface area contributed by atoms with Gasteiger partial charge < -0.3 is 10.6 Å². The number of rotatable bonds is 3. The maximum Gasteiger partial charge on any atom is 0.325 e. The molecule has 1 aliphatic heterocycles. The molecule has 1 spiro atoms. The van der Waals surface area contributed by atoms with Crippen LogP contribution in [0.1, 0.15) is 32.6 Å². The van der Waals surface area contributed by atoms with Crippen LogP contribution in [0.5, 0.6) is 0 Å². The van der Waals surface area contributed by atoms with E-state index in [0.717, 1.165) is 24.2 Å². The second-order valence-corrected chi connectivity index (χ2v) is 6.93. The molecule has 2 aliphatic rings. The van der Waals surface area contributed by atoms with Crippen molar-refractivity contribution in [1.82, 2.24) is 10.2 Å². The van der Waals surface area contributed by atoms with E-state index in [1.165, 1.54) is 0 Å². The first-order chi connectivity index (χ1) is 11.4. The van der Waals surface area contributed by atoms with Crippen molar-refractivity contribution in [3.63, 3.8) is 0 Å². The number of imide groups is 1. The summed E-state index contributed by atoms with van der Waals surface area (Å²) in [4.78, 5) is 38.2. The summed E-state index contributed by atoms with van der Waals surface area (Å²) in [7, 11) is 0. The second-order valence-electron chi connectivity index (χ2n) is 6.49. The van der Waals surface area contributed by atoms with Crippen molar-refractivity contribution in [2.45, 2.75) is 38.1 Å². The molecule has 0 radical (unpaired) electrons. The van der Waals surface area contributed by atoms with Gasteiger partial charge in [0.1, 0.15) is 12.1 Å². The third kappa shape index (κ3) is 2.98. The number of carbonyl (C=O) groups is 3. The van der Waals surface area contributed by atoms with Crippen LogP contribution >= 0.6 is 11.6 Å². The molecule has 6 nitrogen and oxygen atoms in total. The van der Waals surface area contributed by atoms with Crippen molar-refractivity contribution >= 4 is 35.1 Å². The Morgan fingerprint density at radius 1 is 1.33 bits per heavy atom. The van der Waals surface area contributed by atoms with Gasteiger partial charge in [-0.25, -0.2) is 4.79 Å². The standard InChI is InChI=1S/C17H20ClN3O3/c1-11-4-2-3-9-17(11)15(23)21(16(24)20-17)10-14(22)19-13-7-5-12(18)6-8-13/h5-8,11H,2-4,9-10H2,1H3,(H,19,22)(H,20,24)/t11-,17+/m1/s1. The fourth-order valence-electron chi connectivity index (χ4n) is 3.52. The van der Waals surface area contributed by atoms with Crippen LogP contribution in [0, 0.1) is 5.92 Å². The number of benzene rings is 1. The third-order valence-electron chi connectivity index (χ3n) is 4.93. The maximum atomic E-state index is 12.8. The van der Waals surface area contributed by atoms with Crippen molar-refractivity contribution in [3.8, 4) is 0 Å². The Kier molecular flexibility index (Phi) is 4.49. The van der Waals surface area contributed by atoms with E-state index in [1.54, 1.807) is 24.3 Å². The van der Waals surface area contributed by atoms with Crippen LogP contribution in [0.25, 0.3) is 0 Å². The summed E-state index contributed by atoms with van der Waals surface area (Å²) in [6, 6.07) is 6.15. The smallest absolute Gasteiger partial charge is 0.325 e. The van der Waals surface area contributed by atoms with Gasteiger partial charge in [0.05, 0.1) is 0 Å². The Balaban J connectivity index is 1.68. The molecule has 128 valence electrons. The summed E-state index contributed by atoms with van der Waals surface area (Å²) < 4.78 is 0. The number of anilines is 1. The lowest BCUT2D eigenvalue weighted by Gasteiger charge is -2.36. The van der Waals surface area contributed by atoms with E-state index < -0.39 is 17.5 Å². The molecule has 4 amide bonds. The van der Waals surface area contributed by atoms with Gasteiger partial charge in [-0.3, -0.25) is 14.5 Å². The highest BCUT2D eigenvalue weighted by atomic mass is 35.5. The van der Waals surface area contributed by atoms with E-state index in [0.29, 0.717) is 17.1 Å². The minimum atomic E-state index is -0.837. The third-order valence-corrected chi connectivity index (χ3v) is 5.18. The lowest BCUT2D eigenvalue weighted by Crippen LogP contribution is -2.54. The molecule has 24 heavy (non-hydrogen) atoms. The highest BCUT2D eigenvalue weighted by Crippen LogP contribution is 2.38. The van der Waals surface area contributed by atoms with Crippen LogP contribution in [0.3, 0.4) is 0 Å². The van der Waals surface area contributed by atoms with Crippen LogP contribution in [0.15, 0.2) is 24.3 Å². The minimum Gasteiger partial charge on any atom is -0.325 e. The Morgan fingerprint density at radius 2 is 2.04 bits per heavy atom. The summed E-state index contributed by atoms with van der Waals surface area (Å²) in [5.74, 6) is -0.626. The zero-order valence-electron chi connectivity index (χ0n) is 13.5. The summed E-state index contributed by atoms with van der Waals surface area (Å²) in [5, 5.41) is 6.07. The monoisotopic (exact) mass is 349 g/mol. The fourth-order valence-corrected chi connectivity index (χ4v) is 3.64. The van der Waals surface area contributed by atoms with E-state index >= 15 is 0 Å². The molecule has 1 saturated carbocycles. The van der Waals surface area contributed by atoms with Gasteiger partial charge in [-0.05, 0) is 43.0 Å². The number of nitrogens with zero attached hydrogens (tertiary/aromatic N) is 1. The molecule has 1 saturated heterocycles. The maximum absolute atomic E-state index is 12.8. The quantitative estimate of drug-likeness (QED) is 0.823. The topological polar surface area (TPSA) is 78.5 Å². The Hall–Kier alpha value is -2.08. The van der Waals surface area contributed by atoms with Crippen molar-refractivity contribution in [1.29, 1.82) is 0 Å². The molecular weight excluding hydrogens is 330 g/mol. The first kappa shape index (κ1) is 16.8. The van der Waals surface area contributed by atoms with E-state index in [1.807, 2.05) is 6.92 Å². The van der Waals surface area contributed by atoms with Gasteiger partial charge in [0.25, 0.3) is 5.91 Å². The lowest BCUT2D eigenvalue weighted by atomic mass is 9.73. The molecule has 1 aromatic carbocycles. The highest BCUT2D eigenvalue weighted by molar-refractivity contribution is 6.30. The highest BCUT2D eigenvalue weighted by Gasteiger charge is 2.55. The SMILES string of the molecule is C[C@@H]1CCCC[C@]12NC(=O)N(CC(=O)Nc1ccc(Cl)cc1)C2=O. The van der Waals surface area contributed by atoms with Crippen molar-refractivity contribution in [2.75, 3.05) is 11.9 Å². The molecule has 0 aromatic heterocycles. The minimum absolute atomic E-state index is 0.0760. The normalized spacial score (nSPS) is 26.6. The fraction of sp³-hybridized carbons (Fsp3) is 0.471. The molecule has 3 rings (SSSR count). The average Bonchev–Trinajstić information content (AvgIpc) is 2.78. The molecular formula is C17H20ClN3O3. The molecule has 1 aliphatic carbocycles. The number of halogens is 1. The van der Waals surface area contributed by atoms with Crippen LogP contribution in [0.2, 0.25) is 5.02 Å². The first-order valence-corrected chi connectivity index (χ1v) is 8.50. The van der Waals surface area contributed by atoms with Gasteiger partial charge in [0.2, 0.25) is 5.91 Å². The second kappa shape index (κ2) is 6.43. The largest absolute Gasteiger partial charge is 0.325 e. The van der Waals surface area contributed by atoms with E-state index in [4.69, 9.17) is 11.6 Å². The zero-order valence-corrected chi connectivity index (χ0v) is 14.2. The van der Waals surface area contributed by atoms with E-state index in [2.05, 4.69) is 10.6 Å². The van der Waals surface area contributed by atoms with Gasteiger partial charge in [-0.15, -0.1) is 0 Å². The van der Waals surface area contributed by atoms with Gasteiger partial charge in [0.15, 0.2) is 0 Å². The van der Waals surface area contributed by atoms with Crippen molar-refractivity contribution in [3.05, 3.63) is 29.3 Å². The van der Waals surface area contributed by atoms with E-state index in [9.17, 15) is 14.4 Å². The number of amides is 4. The van der Waals surface area contributed by atoms with Crippen LogP contribution in [0.4, 0.5) is 10.5 Å². The molecule has 7 heteroatoms. The summed E-state index contributed by atoms with van der Waals surface area (Å²) in [5.41, 5.74) is -0.271. The van der Waals surface area contributed by atoms with Crippen molar-refractivity contribution in [2.24, 2.45) is 5.92 Å². The molecule has 1 aromatic rings. The molecule has 1 heterocycles. The molecule has 0 unspecified atom stereocenters. The molecule has 0 bridgehead atoms. The molecule has 2 fully saturated rings. The Labute approximate surface area is 145 Å². The average molecular weight is 350 g/mol. The van der Waals surface area contributed by atoms with Crippen molar-refractivity contribution < 1.29 is 14.4 Å². The van der Waals surface area contributed by atoms with Gasteiger partial charge in [-0.1, -0.05) is 31.4 Å². The first-order valence-electron chi connectivity index (χ1n) is 8.12. The van der Waals surface area contributed by atoms with Crippen LogP contribution < -0.4 is 10.6 Å². The summed E-state index contributed by atoms with van der Waals surface area (Å²) in [6.45, 7) is 1.69. The van der Waals surface area contributed by atoms with Crippen LogP contribution in [-0.4, -0.2) is 34.8 Å². The predicted octanol–water partition coefficient (Wildman–Crippen LogP) is 2.78. The Morgan fingerprint density at radius 3 is 2.71 bits per heavy atom. The van der Waals surface area contributed by atoms with Gasteiger partial charge in [-0.2, -0.15) is 0 Å². The lowest BCUT2D eigenvalue weighted by molar-refractivity contribution is -0.136. The summed E-state index contributed by atoms with van der Waals surface area (Å²) in [6.07, 6.45) is 3.50. The predicted molar refractivity (Wildman–Crippen MR) is 90.7 cm³/mol. The number of carbonyl (C=O) groups excluding carboxylic acids is 3. The number of urea groups is 1. The summed E-state index contributed by atoms with van der Waals surface area (Å²) >= 11 is 5.80. The Bertz CT molecular complexity index is 676. The number of hydrogen-bond acceptors (Lipinski definition) is 3. The van der Waals surface area contributed by atoms with Crippen LogP contribution in [-0.2, 0) is 9.59 Å². The van der Waals surface area contributed by atoms with Gasteiger partial charge in [0, 0.05) is 10.7 Å². The number of nitrogens with one attached hydrogen (secondary N) is 2. The molecule has 2 N–H and O–H groups in total. The van der Waals surface area contributed by atoms with E-state index in [-0.39, 0.29) is 18.4 Å². The van der Waals surface area contributed by atoms with Gasteiger partial charge >= 0.3 is 6.03 Å². The number of hydrogen-bond donors (Lipinski definition) is 2. The molecule has 2 atom stereocenters. The zero-order chi connectivity index (χ0) is 17.3.